The van der Waals surface area contributed by atoms with Crippen molar-refractivity contribution in [1.29, 1.82) is 5.41 Å². The number of para-hydroxylation sites is 1. The molecule has 2 rings (SSSR count). The van der Waals surface area contributed by atoms with Crippen LogP contribution in [-0.2, 0) is 0 Å². The molecule has 3 N–H and O–H groups in total. The third kappa shape index (κ3) is 3.48. The first-order valence-corrected chi connectivity index (χ1v) is 6.38. The second-order valence-corrected chi connectivity index (χ2v) is 4.85. The van der Waals surface area contributed by atoms with E-state index in [1.165, 1.54) is 24.9 Å². The molecule has 1 saturated carbocycles. The third-order valence-corrected chi connectivity index (χ3v) is 3.48. The van der Waals surface area contributed by atoms with E-state index in [1.54, 1.807) is 0 Å². The summed E-state index contributed by atoms with van der Waals surface area (Å²) in [5.41, 5.74) is 6.70. The minimum absolute atomic E-state index is 0.277. The van der Waals surface area contributed by atoms with Gasteiger partial charge in [-0.25, -0.2) is 0 Å². The summed E-state index contributed by atoms with van der Waals surface area (Å²) in [4.78, 5) is 2.37. The molecule has 0 atom stereocenters. The first-order chi connectivity index (χ1) is 8.25. The van der Waals surface area contributed by atoms with Crippen LogP contribution in [0.2, 0.25) is 0 Å². The smallest absolute Gasteiger partial charge is 0.0923 e. The Morgan fingerprint density at radius 2 is 2.00 bits per heavy atom. The molecule has 0 heterocycles. The molecule has 1 fully saturated rings. The molecule has 1 aromatic rings. The number of amidine groups is 1. The molecule has 1 aliphatic carbocycles. The van der Waals surface area contributed by atoms with Gasteiger partial charge in [0.15, 0.2) is 0 Å². The number of hydrogen-bond acceptors (Lipinski definition) is 2. The van der Waals surface area contributed by atoms with Crippen molar-refractivity contribution < 1.29 is 0 Å². The summed E-state index contributed by atoms with van der Waals surface area (Å²) in [6.07, 6.45) is 4.73. The third-order valence-electron chi connectivity index (χ3n) is 3.48. The van der Waals surface area contributed by atoms with Gasteiger partial charge in [0.25, 0.3) is 0 Å². The number of hydrogen-bond donors (Lipinski definition) is 2. The Hall–Kier alpha value is -1.51. The van der Waals surface area contributed by atoms with Gasteiger partial charge in [-0.1, -0.05) is 24.6 Å². The van der Waals surface area contributed by atoms with Crippen molar-refractivity contribution in [2.24, 2.45) is 11.7 Å². The highest BCUT2D eigenvalue weighted by Gasteiger charge is 2.20. The molecule has 0 bridgehead atoms. The van der Waals surface area contributed by atoms with E-state index in [0.717, 1.165) is 19.0 Å². The lowest BCUT2D eigenvalue weighted by molar-refractivity contribution is 0.318. The zero-order valence-electron chi connectivity index (χ0n) is 10.2. The summed E-state index contributed by atoms with van der Waals surface area (Å²) < 4.78 is 0. The lowest BCUT2D eigenvalue weighted by Crippen LogP contribution is -2.34. The van der Waals surface area contributed by atoms with Crippen molar-refractivity contribution in [3.63, 3.8) is 0 Å². The Bertz CT molecular complexity index is 357. The van der Waals surface area contributed by atoms with Crippen LogP contribution in [0.5, 0.6) is 0 Å². The van der Waals surface area contributed by atoms with Gasteiger partial charge in [-0.05, 0) is 30.9 Å². The van der Waals surface area contributed by atoms with Gasteiger partial charge in [0.1, 0.15) is 0 Å². The summed E-state index contributed by atoms with van der Waals surface area (Å²) in [6.45, 7) is 1.97. The van der Waals surface area contributed by atoms with Gasteiger partial charge in [-0.2, -0.15) is 0 Å². The van der Waals surface area contributed by atoms with E-state index >= 15 is 0 Å². The van der Waals surface area contributed by atoms with Gasteiger partial charge in [-0.15, -0.1) is 0 Å². The maximum absolute atomic E-state index is 7.34. The minimum Gasteiger partial charge on any atom is -0.388 e. The molecule has 0 amide bonds. The first-order valence-electron chi connectivity index (χ1n) is 6.38. The molecule has 0 radical (unpaired) electrons. The molecule has 0 aliphatic heterocycles. The van der Waals surface area contributed by atoms with Crippen LogP contribution in [0.3, 0.4) is 0 Å². The highest BCUT2D eigenvalue weighted by atomic mass is 15.1. The van der Waals surface area contributed by atoms with Gasteiger partial charge < -0.3 is 10.6 Å². The summed E-state index contributed by atoms with van der Waals surface area (Å²) in [6, 6.07) is 10.4. The average molecular weight is 231 g/mol. The van der Waals surface area contributed by atoms with Gasteiger partial charge in [0.2, 0.25) is 0 Å². The fraction of sp³-hybridized carbons (Fsp3) is 0.500. The van der Waals surface area contributed by atoms with Crippen molar-refractivity contribution in [3.8, 4) is 0 Å². The average Bonchev–Trinajstić information content (AvgIpc) is 2.27. The predicted octanol–water partition coefficient (Wildman–Crippen LogP) is 2.62. The Kier molecular flexibility index (Phi) is 4.02. The Balaban J connectivity index is 1.98. The van der Waals surface area contributed by atoms with E-state index in [2.05, 4.69) is 29.2 Å². The molecule has 3 heteroatoms. The quantitative estimate of drug-likeness (QED) is 0.584. The van der Waals surface area contributed by atoms with Crippen molar-refractivity contribution in [2.45, 2.75) is 25.7 Å². The second-order valence-electron chi connectivity index (χ2n) is 4.85. The van der Waals surface area contributed by atoms with Gasteiger partial charge in [0, 0.05) is 25.2 Å². The van der Waals surface area contributed by atoms with E-state index in [-0.39, 0.29) is 5.84 Å². The normalized spacial score (nSPS) is 15.3. The SMILES string of the molecule is N=C(N)CCN(CC1CCC1)c1ccccc1. The number of nitrogens with one attached hydrogen (secondary N) is 1. The number of nitrogens with two attached hydrogens (primary N) is 1. The molecule has 3 nitrogen and oxygen atoms in total. The molecule has 92 valence electrons. The Labute approximate surface area is 103 Å². The van der Waals surface area contributed by atoms with Crippen LogP contribution in [-0.4, -0.2) is 18.9 Å². The Morgan fingerprint density at radius 1 is 1.29 bits per heavy atom. The maximum Gasteiger partial charge on any atom is 0.0923 e. The molecule has 0 saturated heterocycles. The van der Waals surface area contributed by atoms with Crippen molar-refractivity contribution in [3.05, 3.63) is 30.3 Å². The lowest BCUT2D eigenvalue weighted by atomic mass is 9.85. The highest BCUT2D eigenvalue weighted by Crippen LogP contribution is 2.28. The maximum atomic E-state index is 7.34. The van der Waals surface area contributed by atoms with Crippen LogP contribution >= 0.6 is 0 Å². The molecule has 1 aromatic carbocycles. The number of rotatable bonds is 6. The van der Waals surface area contributed by atoms with Crippen molar-refractivity contribution in [2.75, 3.05) is 18.0 Å². The Morgan fingerprint density at radius 3 is 2.53 bits per heavy atom. The molecular formula is C14H21N3. The summed E-state index contributed by atoms with van der Waals surface area (Å²) in [7, 11) is 0. The molecule has 1 aliphatic rings. The predicted molar refractivity (Wildman–Crippen MR) is 72.5 cm³/mol. The van der Waals surface area contributed by atoms with Crippen LogP contribution < -0.4 is 10.6 Å². The molecule has 0 aromatic heterocycles. The van der Waals surface area contributed by atoms with Crippen molar-refractivity contribution in [1.82, 2.24) is 0 Å². The fourth-order valence-electron chi connectivity index (χ4n) is 2.21. The minimum atomic E-state index is 0.277. The molecule has 0 unspecified atom stereocenters. The zero-order chi connectivity index (χ0) is 12.1. The van der Waals surface area contributed by atoms with Crippen molar-refractivity contribution >= 4 is 11.5 Å². The molecule has 17 heavy (non-hydrogen) atoms. The fourth-order valence-corrected chi connectivity index (χ4v) is 2.21. The van der Waals surface area contributed by atoms with Gasteiger partial charge >= 0.3 is 0 Å². The van der Waals surface area contributed by atoms with Crippen LogP contribution in [0.25, 0.3) is 0 Å². The summed E-state index contributed by atoms with van der Waals surface area (Å²) in [5, 5.41) is 7.34. The largest absolute Gasteiger partial charge is 0.388 e. The van der Waals surface area contributed by atoms with E-state index in [1.807, 2.05) is 6.07 Å². The second kappa shape index (κ2) is 5.71. The number of nitrogens with zero attached hydrogens (tertiary/aromatic N) is 1. The first kappa shape index (κ1) is 12.0. The number of benzene rings is 1. The van der Waals surface area contributed by atoms with E-state index < -0.39 is 0 Å². The highest BCUT2D eigenvalue weighted by molar-refractivity contribution is 5.77. The van der Waals surface area contributed by atoms with Gasteiger partial charge in [0.05, 0.1) is 5.84 Å². The summed E-state index contributed by atoms with van der Waals surface area (Å²) in [5.74, 6) is 1.11. The van der Waals surface area contributed by atoms with Gasteiger partial charge in [-0.3, -0.25) is 5.41 Å². The van der Waals surface area contributed by atoms with Crippen LogP contribution in [0.1, 0.15) is 25.7 Å². The van der Waals surface area contributed by atoms with E-state index in [4.69, 9.17) is 11.1 Å². The number of anilines is 1. The standard InChI is InChI=1S/C14H21N3/c15-14(16)9-10-17(11-12-5-4-6-12)13-7-2-1-3-8-13/h1-3,7-8,12H,4-6,9-11H2,(H3,15,16). The van der Waals surface area contributed by atoms with Crippen LogP contribution in [0, 0.1) is 11.3 Å². The lowest BCUT2D eigenvalue weighted by Gasteiger charge is -2.33. The van der Waals surface area contributed by atoms with Crippen LogP contribution in [0.4, 0.5) is 5.69 Å². The molecule has 0 spiro atoms. The molecular weight excluding hydrogens is 210 g/mol. The van der Waals surface area contributed by atoms with Crippen LogP contribution in [0.15, 0.2) is 30.3 Å². The monoisotopic (exact) mass is 231 g/mol. The summed E-state index contributed by atoms with van der Waals surface area (Å²) >= 11 is 0. The van der Waals surface area contributed by atoms with E-state index in [0.29, 0.717) is 6.42 Å². The topological polar surface area (TPSA) is 53.1 Å². The van der Waals surface area contributed by atoms with E-state index in [9.17, 15) is 0 Å². The zero-order valence-corrected chi connectivity index (χ0v) is 10.2.